The predicted molar refractivity (Wildman–Crippen MR) is 77.4 cm³/mol. The zero-order valence-corrected chi connectivity index (χ0v) is 12.7. The van der Waals surface area contributed by atoms with Crippen LogP contribution in [0.15, 0.2) is 11.6 Å². The van der Waals surface area contributed by atoms with E-state index < -0.39 is 11.8 Å². The minimum atomic E-state index is -2.52. The first-order valence-electron chi connectivity index (χ1n) is 8.59. The fraction of sp³-hybridized carbons (Fsp3) is 0.778. The first kappa shape index (κ1) is 14.5. The molecule has 4 heteroatoms. The van der Waals surface area contributed by atoms with Gasteiger partial charge in [0.1, 0.15) is 5.78 Å². The van der Waals surface area contributed by atoms with Crippen LogP contribution in [0.1, 0.15) is 51.4 Å². The molecule has 22 heavy (non-hydrogen) atoms. The summed E-state index contributed by atoms with van der Waals surface area (Å²) in [7, 11) is 0. The SMILES string of the molecule is O=C1C=C2CC[C@@H]3[C@H](CC[C@]4(C(F)F)C(=O)CC[C@@H]34)[C@H]2CC1. The third kappa shape index (κ3) is 1.82. The Morgan fingerprint density at radius 2 is 1.82 bits per heavy atom. The molecule has 0 aliphatic heterocycles. The van der Waals surface area contributed by atoms with Crippen LogP contribution < -0.4 is 0 Å². The summed E-state index contributed by atoms with van der Waals surface area (Å²) in [6.07, 6.45) is 4.60. The zero-order valence-electron chi connectivity index (χ0n) is 12.7. The van der Waals surface area contributed by atoms with Gasteiger partial charge in [-0.05, 0) is 68.3 Å². The second-order valence-electron chi connectivity index (χ2n) is 7.65. The minimum absolute atomic E-state index is 0.127. The number of Topliss-reactive ketones (excluding diaryl/α,β-unsaturated/α-hetero) is 1. The molecule has 0 aromatic heterocycles. The summed E-state index contributed by atoms with van der Waals surface area (Å²) in [5.74, 6) is 0.978. The van der Waals surface area contributed by atoms with E-state index >= 15 is 0 Å². The third-order valence-corrected chi connectivity index (χ3v) is 7.02. The average molecular weight is 308 g/mol. The van der Waals surface area contributed by atoms with Gasteiger partial charge in [0.25, 0.3) is 6.43 Å². The molecule has 0 heterocycles. The maximum atomic E-state index is 13.8. The van der Waals surface area contributed by atoms with Crippen LogP contribution in [0, 0.1) is 29.1 Å². The number of carbonyl (C=O) groups is 2. The molecular formula is C18H22F2O2. The fourth-order valence-corrected chi connectivity index (χ4v) is 6.08. The van der Waals surface area contributed by atoms with Crippen LogP contribution in [-0.2, 0) is 9.59 Å². The molecule has 0 saturated heterocycles. The Morgan fingerprint density at radius 1 is 1.00 bits per heavy atom. The lowest BCUT2D eigenvalue weighted by Gasteiger charge is -2.52. The molecule has 4 aliphatic rings. The summed E-state index contributed by atoms with van der Waals surface area (Å²) >= 11 is 0. The summed E-state index contributed by atoms with van der Waals surface area (Å²) < 4.78 is 27.6. The topological polar surface area (TPSA) is 34.1 Å². The fourth-order valence-electron chi connectivity index (χ4n) is 6.08. The largest absolute Gasteiger partial charge is 0.299 e. The molecule has 0 aromatic rings. The lowest BCUT2D eigenvalue weighted by molar-refractivity contribution is -0.150. The van der Waals surface area contributed by atoms with Crippen molar-refractivity contribution in [3.05, 3.63) is 11.6 Å². The highest BCUT2D eigenvalue weighted by molar-refractivity contribution is 5.91. The molecule has 120 valence electrons. The standard InChI is InChI=1S/C18H22F2O2/c19-17(20)18-8-7-13-12-4-2-11(21)9-10(12)1-3-14(13)15(18)5-6-16(18)22/h9,12-15,17H,1-8H2/t12-,13+,14+,15-,18+/m0/s1. The summed E-state index contributed by atoms with van der Waals surface area (Å²) in [6, 6.07) is 0. The third-order valence-electron chi connectivity index (χ3n) is 7.02. The average Bonchev–Trinajstić information content (AvgIpc) is 2.85. The van der Waals surface area contributed by atoms with E-state index in [-0.39, 0.29) is 23.4 Å². The Labute approximate surface area is 129 Å². The van der Waals surface area contributed by atoms with Crippen molar-refractivity contribution in [3.63, 3.8) is 0 Å². The van der Waals surface area contributed by atoms with Crippen molar-refractivity contribution in [1.82, 2.24) is 0 Å². The molecule has 4 aliphatic carbocycles. The summed E-state index contributed by atoms with van der Waals surface area (Å²) in [6.45, 7) is 0. The molecule has 5 atom stereocenters. The molecule has 3 saturated carbocycles. The van der Waals surface area contributed by atoms with Crippen molar-refractivity contribution in [2.75, 3.05) is 0 Å². The van der Waals surface area contributed by atoms with Gasteiger partial charge in [-0.25, -0.2) is 8.78 Å². The van der Waals surface area contributed by atoms with Crippen LogP contribution in [0.25, 0.3) is 0 Å². The number of halogens is 2. The van der Waals surface area contributed by atoms with Crippen molar-refractivity contribution in [2.24, 2.45) is 29.1 Å². The summed E-state index contributed by atoms with van der Waals surface area (Å²) in [4.78, 5) is 23.9. The molecule has 0 radical (unpaired) electrons. The highest BCUT2D eigenvalue weighted by atomic mass is 19.3. The Hall–Kier alpha value is -1.06. The van der Waals surface area contributed by atoms with Gasteiger partial charge in [0.15, 0.2) is 5.78 Å². The summed E-state index contributed by atoms with van der Waals surface area (Å²) in [5.41, 5.74) is -0.0845. The molecular weight excluding hydrogens is 286 g/mol. The van der Waals surface area contributed by atoms with Gasteiger partial charge in [-0.2, -0.15) is 0 Å². The number of hydrogen-bond donors (Lipinski definition) is 0. The van der Waals surface area contributed by atoms with E-state index in [1.807, 2.05) is 6.08 Å². The van der Waals surface area contributed by atoms with Crippen LogP contribution in [0.5, 0.6) is 0 Å². The van der Waals surface area contributed by atoms with E-state index in [0.717, 1.165) is 25.7 Å². The zero-order chi connectivity index (χ0) is 15.5. The Bertz CT molecular complexity index is 553. The quantitative estimate of drug-likeness (QED) is 0.735. The second-order valence-corrected chi connectivity index (χ2v) is 7.65. The van der Waals surface area contributed by atoms with Crippen molar-refractivity contribution >= 4 is 11.6 Å². The van der Waals surface area contributed by atoms with Gasteiger partial charge in [0.05, 0.1) is 5.41 Å². The molecule has 0 spiro atoms. The number of ketones is 2. The van der Waals surface area contributed by atoms with Crippen LogP contribution in [-0.4, -0.2) is 18.0 Å². The molecule has 4 rings (SSSR count). The maximum Gasteiger partial charge on any atom is 0.251 e. The highest BCUT2D eigenvalue weighted by Gasteiger charge is 2.62. The van der Waals surface area contributed by atoms with Gasteiger partial charge >= 0.3 is 0 Å². The van der Waals surface area contributed by atoms with E-state index in [0.29, 0.717) is 37.5 Å². The molecule has 3 fully saturated rings. The van der Waals surface area contributed by atoms with Crippen molar-refractivity contribution in [1.29, 1.82) is 0 Å². The minimum Gasteiger partial charge on any atom is -0.299 e. The lowest BCUT2D eigenvalue weighted by Crippen LogP contribution is -2.51. The molecule has 0 bridgehead atoms. The smallest absolute Gasteiger partial charge is 0.251 e. The number of carbonyl (C=O) groups excluding carboxylic acids is 2. The van der Waals surface area contributed by atoms with Crippen LogP contribution >= 0.6 is 0 Å². The normalized spacial score (nSPS) is 44.4. The van der Waals surface area contributed by atoms with Crippen LogP contribution in [0.2, 0.25) is 0 Å². The van der Waals surface area contributed by atoms with E-state index in [1.54, 1.807) is 0 Å². The number of allylic oxidation sites excluding steroid dienone is 1. The van der Waals surface area contributed by atoms with Crippen LogP contribution in [0.4, 0.5) is 8.78 Å². The van der Waals surface area contributed by atoms with Gasteiger partial charge in [0.2, 0.25) is 0 Å². The van der Waals surface area contributed by atoms with E-state index in [4.69, 9.17) is 0 Å². The lowest BCUT2D eigenvalue weighted by atomic mass is 9.52. The van der Waals surface area contributed by atoms with Crippen molar-refractivity contribution in [3.8, 4) is 0 Å². The van der Waals surface area contributed by atoms with Crippen molar-refractivity contribution < 1.29 is 18.4 Å². The molecule has 2 nitrogen and oxygen atoms in total. The van der Waals surface area contributed by atoms with E-state index in [1.165, 1.54) is 5.57 Å². The van der Waals surface area contributed by atoms with E-state index in [2.05, 4.69) is 0 Å². The Balaban J connectivity index is 1.66. The van der Waals surface area contributed by atoms with Gasteiger partial charge in [-0.1, -0.05) is 5.57 Å². The van der Waals surface area contributed by atoms with Crippen molar-refractivity contribution in [2.45, 2.75) is 57.8 Å². The first-order chi connectivity index (χ1) is 10.5. The Morgan fingerprint density at radius 3 is 2.59 bits per heavy atom. The van der Waals surface area contributed by atoms with Gasteiger partial charge in [-0.15, -0.1) is 0 Å². The van der Waals surface area contributed by atoms with E-state index in [9.17, 15) is 18.4 Å². The first-order valence-corrected chi connectivity index (χ1v) is 8.59. The Kier molecular flexibility index (Phi) is 3.28. The summed E-state index contributed by atoms with van der Waals surface area (Å²) in [5, 5.41) is 0. The number of hydrogen-bond acceptors (Lipinski definition) is 2. The number of alkyl halides is 2. The number of rotatable bonds is 1. The van der Waals surface area contributed by atoms with Gasteiger partial charge < -0.3 is 0 Å². The number of fused-ring (bicyclic) bond motifs is 5. The van der Waals surface area contributed by atoms with Gasteiger partial charge in [0, 0.05) is 12.8 Å². The predicted octanol–water partition coefficient (Wildman–Crippen LogP) is 3.94. The molecule has 0 amide bonds. The van der Waals surface area contributed by atoms with Crippen LogP contribution in [0.3, 0.4) is 0 Å². The molecule has 0 N–H and O–H groups in total. The van der Waals surface area contributed by atoms with Gasteiger partial charge in [-0.3, -0.25) is 9.59 Å². The second kappa shape index (κ2) is 4.97. The molecule has 0 aromatic carbocycles. The molecule has 0 unspecified atom stereocenters. The monoisotopic (exact) mass is 308 g/mol. The maximum absolute atomic E-state index is 13.8. The highest BCUT2D eigenvalue weighted by Crippen LogP contribution is 2.62.